The third-order valence-corrected chi connectivity index (χ3v) is 4.56. The minimum Gasteiger partial charge on any atom is -0.352 e. The lowest BCUT2D eigenvalue weighted by Gasteiger charge is -2.26. The molecule has 1 aromatic carbocycles. The Morgan fingerprint density at radius 3 is 2.52 bits per heavy atom. The SMILES string of the molecule is CC(N[C@H](C)c1ccccc1Cl)C(=O)NC1CCCCC1. The first-order valence-corrected chi connectivity index (χ1v) is 8.26. The zero-order chi connectivity index (χ0) is 15.2. The van der Waals surface area contributed by atoms with Crippen molar-refractivity contribution in [2.45, 2.75) is 64.1 Å². The van der Waals surface area contributed by atoms with Crippen LogP contribution >= 0.6 is 11.6 Å². The number of halogens is 1. The van der Waals surface area contributed by atoms with Gasteiger partial charge in [0.05, 0.1) is 6.04 Å². The van der Waals surface area contributed by atoms with Crippen LogP contribution in [-0.4, -0.2) is 18.0 Å². The summed E-state index contributed by atoms with van der Waals surface area (Å²) >= 11 is 6.20. The molecular weight excluding hydrogens is 284 g/mol. The van der Waals surface area contributed by atoms with E-state index in [0.29, 0.717) is 6.04 Å². The molecule has 1 saturated carbocycles. The van der Waals surface area contributed by atoms with Crippen molar-refractivity contribution in [1.82, 2.24) is 10.6 Å². The highest BCUT2D eigenvalue weighted by molar-refractivity contribution is 6.31. The fourth-order valence-electron chi connectivity index (χ4n) is 2.94. The van der Waals surface area contributed by atoms with E-state index in [2.05, 4.69) is 10.6 Å². The third kappa shape index (κ3) is 4.72. The van der Waals surface area contributed by atoms with E-state index in [9.17, 15) is 4.79 Å². The summed E-state index contributed by atoms with van der Waals surface area (Å²) in [6.07, 6.45) is 5.96. The molecule has 1 aliphatic carbocycles. The van der Waals surface area contributed by atoms with Gasteiger partial charge in [-0.05, 0) is 38.3 Å². The Morgan fingerprint density at radius 2 is 1.86 bits per heavy atom. The maximum atomic E-state index is 12.3. The summed E-state index contributed by atoms with van der Waals surface area (Å²) in [7, 11) is 0. The Hall–Kier alpha value is -1.06. The van der Waals surface area contributed by atoms with Crippen LogP contribution in [0.15, 0.2) is 24.3 Å². The van der Waals surface area contributed by atoms with Crippen molar-refractivity contribution in [2.75, 3.05) is 0 Å². The molecule has 0 aliphatic heterocycles. The van der Waals surface area contributed by atoms with E-state index in [1.165, 1.54) is 19.3 Å². The van der Waals surface area contributed by atoms with Gasteiger partial charge in [0.25, 0.3) is 0 Å². The van der Waals surface area contributed by atoms with E-state index in [4.69, 9.17) is 11.6 Å². The van der Waals surface area contributed by atoms with Gasteiger partial charge in [-0.2, -0.15) is 0 Å². The van der Waals surface area contributed by atoms with Gasteiger partial charge in [0.15, 0.2) is 0 Å². The molecule has 2 rings (SSSR count). The minimum atomic E-state index is -0.224. The first-order valence-electron chi connectivity index (χ1n) is 7.89. The molecule has 21 heavy (non-hydrogen) atoms. The highest BCUT2D eigenvalue weighted by Gasteiger charge is 2.21. The summed E-state index contributed by atoms with van der Waals surface area (Å²) in [5.74, 6) is 0.0841. The summed E-state index contributed by atoms with van der Waals surface area (Å²) in [6.45, 7) is 3.94. The second-order valence-electron chi connectivity index (χ2n) is 5.98. The molecular formula is C17H25ClN2O. The van der Waals surface area contributed by atoms with E-state index in [1.807, 2.05) is 38.1 Å². The van der Waals surface area contributed by atoms with Crippen LogP contribution in [0.5, 0.6) is 0 Å². The molecule has 0 heterocycles. The highest BCUT2D eigenvalue weighted by Crippen LogP contribution is 2.22. The molecule has 1 unspecified atom stereocenters. The summed E-state index contributed by atoms with van der Waals surface area (Å²) < 4.78 is 0. The lowest BCUT2D eigenvalue weighted by Crippen LogP contribution is -2.47. The number of carbonyl (C=O) groups excluding carboxylic acids is 1. The molecule has 0 radical (unpaired) electrons. The molecule has 1 aliphatic rings. The zero-order valence-corrected chi connectivity index (χ0v) is 13.6. The third-order valence-electron chi connectivity index (χ3n) is 4.22. The molecule has 4 heteroatoms. The maximum Gasteiger partial charge on any atom is 0.237 e. The Bertz CT molecular complexity index is 472. The van der Waals surface area contributed by atoms with Crippen molar-refractivity contribution in [2.24, 2.45) is 0 Å². The van der Waals surface area contributed by atoms with Crippen LogP contribution in [0.4, 0.5) is 0 Å². The van der Waals surface area contributed by atoms with E-state index in [1.54, 1.807) is 0 Å². The smallest absolute Gasteiger partial charge is 0.237 e. The number of benzene rings is 1. The quantitative estimate of drug-likeness (QED) is 0.868. The molecule has 1 amide bonds. The average Bonchev–Trinajstić information content (AvgIpc) is 2.48. The van der Waals surface area contributed by atoms with Crippen molar-refractivity contribution in [3.63, 3.8) is 0 Å². The fraction of sp³-hybridized carbons (Fsp3) is 0.588. The normalized spacial score (nSPS) is 19.0. The molecule has 2 N–H and O–H groups in total. The Kier molecular flexibility index (Phi) is 6.07. The van der Waals surface area contributed by atoms with Crippen LogP contribution in [0, 0.1) is 0 Å². The van der Waals surface area contributed by atoms with Gasteiger partial charge in [-0.25, -0.2) is 0 Å². The van der Waals surface area contributed by atoms with Crippen molar-refractivity contribution in [1.29, 1.82) is 0 Å². The van der Waals surface area contributed by atoms with Gasteiger partial charge in [0.1, 0.15) is 0 Å². The van der Waals surface area contributed by atoms with Crippen molar-refractivity contribution in [3.8, 4) is 0 Å². The maximum absolute atomic E-state index is 12.3. The Morgan fingerprint density at radius 1 is 1.19 bits per heavy atom. The summed E-state index contributed by atoms with van der Waals surface area (Å²) in [6, 6.07) is 7.92. The molecule has 2 atom stereocenters. The fourth-order valence-corrected chi connectivity index (χ4v) is 3.24. The molecule has 1 aromatic rings. The van der Waals surface area contributed by atoms with Gasteiger partial charge < -0.3 is 5.32 Å². The predicted molar refractivity (Wildman–Crippen MR) is 87.5 cm³/mol. The lowest BCUT2D eigenvalue weighted by atomic mass is 9.95. The topological polar surface area (TPSA) is 41.1 Å². The molecule has 0 saturated heterocycles. The van der Waals surface area contributed by atoms with Crippen LogP contribution < -0.4 is 10.6 Å². The van der Waals surface area contributed by atoms with E-state index in [-0.39, 0.29) is 18.0 Å². The standard InChI is InChI=1S/C17H25ClN2O/c1-12(15-10-6-7-11-16(15)18)19-13(2)17(21)20-14-8-4-3-5-9-14/h6-7,10-14,19H,3-5,8-9H2,1-2H3,(H,20,21)/t12-,13?/m1/s1. The Labute approximate surface area is 132 Å². The van der Waals surface area contributed by atoms with Crippen LogP contribution in [0.1, 0.15) is 57.6 Å². The summed E-state index contributed by atoms with van der Waals surface area (Å²) in [4.78, 5) is 12.3. The lowest BCUT2D eigenvalue weighted by molar-refractivity contribution is -0.123. The first-order chi connectivity index (χ1) is 10.1. The van der Waals surface area contributed by atoms with Gasteiger partial charge in [0.2, 0.25) is 5.91 Å². The monoisotopic (exact) mass is 308 g/mol. The van der Waals surface area contributed by atoms with Crippen molar-refractivity contribution in [3.05, 3.63) is 34.9 Å². The highest BCUT2D eigenvalue weighted by atomic mass is 35.5. The van der Waals surface area contributed by atoms with Crippen LogP contribution in [-0.2, 0) is 4.79 Å². The van der Waals surface area contributed by atoms with Crippen LogP contribution in [0.2, 0.25) is 5.02 Å². The summed E-state index contributed by atoms with van der Waals surface area (Å²) in [5, 5.41) is 7.22. The largest absolute Gasteiger partial charge is 0.352 e. The Balaban J connectivity index is 1.86. The van der Waals surface area contributed by atoms with Gasteiger partial charge in [-0.3, -0.25) is 10.1 Å². The van der Waals surface area contributed by atoms with Gasteiger partial charge in [-0.1, -0.05) is 49.1 Å². The zero-order valence-electron chi connectivity index (χ0n) is 12.9. The number of rotatable bonds is 5. The molecule has 116 valence electrons. The number of carbonyl (C=O) groups is 1. The van der Waals surface area contributed by atoms with E-state index < -0.39 is 0 Å². The number of hydrogen-bond acceptors (Lipinski definition) is 2. The van der Waals surface area contributed by atoms with Crippen LogP contribution in [0.3, 0.4) is 0 Å². The van der Waals surface area contributed by atoms with Gasteiger partial charge in [-0.15, -0.1) is 0 Å². The van der Waals surface area contributed by atoms with E-state index >= 15 is 0 Å². The molecule has 0 spiro atoms. The van der Waals surface area contributed by atoms with E-state index in [0.717, 1.165) is 23.4 Å². The first kappa shape index (κ1) is 16.3. The van der Waals surface area contributed by atoms with Gasteiger partial charge in [0, 0.05) is 17.1 Å². The molecule has 0 aromatic heterocycles. The number of hydrogen-bond donors (Lipinski definition) is 2. The second kappa shape index (κ2) is 7.81. The number of amides is 1. The predicted octanol–water partition coefficient (Wildman–Crippen LogP) is 3.83. The molecule has 3 nitrogen and oxygen atoms in total. The molecule has 0 bridgehead atoms. The number of nitrogens with one attached hydrogen (secondary N) is 2. The van der Waals surface area contributed by atoms with Crippen LogP contribution in [0.25, 0.3) is 0 Å². The van der Waals surface area contributed by atoms with Gasteiger partial charge >= 0.3 is 0 Å². The van der Waals surface area contributed by atoms with Crippen molar-refractivity contribution < 1.29 is 4.79 Å². The minimum absolute atomic E-state index is 0.0470. The van der Waals surface area contributed by atoms with Crippen molar-refractivity contribution >= 4 is 17.5 Å². The average molecular weight is 309 g/mol. The second-order valence-corrected chi connectivity index (χ2v) is 6.38. The summed E-state index contributed by atoms with van der Waals surface area (Å²) in [5.41, 5.74) is 1.02. The molecule has 1 fully saturated rings.